The Morgan fingerprint density at radius 1 is 0.265 bits per heavy atom. The minimum absolute atomic E-state index is 0.274. The largest absolute Gasteiger partial charge is 0.386 e. The molecular formula is C60H34N2O6. The standard InChI is InChI=1S/C60H34N2O6/c63-57-45-29-28-44-50-34-48(36-16-14-26-42(32-36)62(39-21-9-3-10-22-39)40-23-11-4-12-24-40)56-54-46(58(64)68-60(56)66)30-27-43(52(50)54)49-33-47(55(59(65)67-57)53(45)51(44)49)35-15-13-25-41(31-35)61(37-17-5-1-6-18-37)38-19-7-2-8-20-38/h1-34H. The van der Waals surface area contributed by atoms with Gasteiger partial charge in [0.2, 0.25) is 0 Å². The molecule has 320 valence electrons. The van der Waals surface area contributed by atoms with E-state index in [1.54, 1.807) is 12.1 Å². The van der Waals surface area contributed by atoms with Crippen LogP contribution in [0.3, 0.4) is 0 Å². The molecule has 13 rings (SSSR count). The van der Waals surface area contributed by atoms with Crippen LogP contribution in [0.1, 0.15) is 41.4 Å². The van der Waals surface area contributed by atoms with E-state index in [1.807, 2.05) is 194 Å². The van der Waals surface area contributed by atoms with E-state index in [0.717, 1.165) is 66.8 Å². The Kier molecular flexibility index (Phi) is 8.65. The van der Waals surface area contributed by atoms with Crippen LogP contribution < -0.4 is 9.80 Å². The van der Waals surface area contributed by atoms with Gasteiger partial charge in [-0.05, 0) is 152 Å². The zero-order chi connectivity index (χ0) is 45.6. The van der Waals surface area contributed by atoms with Crippen molar-refractivity contribution in [1.29, 1.82) is 0 Å². The van der Waals surface area contributed by atoms with E-state index in [1.165, 1.54) is 0 Å². The zero-order valence-electron chi connectivity index (χ0n) is 36.0. The van der Waals surface area contributed by atoms with Crippen LogP contribution in [0.15, 0.2) is 206 Å². The third-order valence-electron chi connectivity index (χ3n) is 13.3. The molecule has 8 heteroatoms. The van der Waals surface area contributed by atoms with Crippen molar-refractivity contribution in [3.8, 4) is 22.3 Å². The van der Waals surface area contributed by atoms with Gasteiger partial charge in [-0.15, -0.1) is 0 Å². The fraction of sp³-hybridized carbons (Fsp3) is 0. The van der Waals surface area contributed by atoms with Crippen LogP contribution in [0.4, 0.5) is 34.1 Å². The van der Waals surface area contributed by atoms with Crippen molar-refractivity contribution in [3.63, 3.8) is 0 Å². The van der Waals surface area contributed by atoms with Gasteiger partial charge in [0, 0.05) is 44.9 Å². The van der Waals surface area contributed by atoms with Gasteiger partial charge in [-0.1, -0.05) is 109 Å². The minimum atomic E-state index is -0.738. The number of ether oxygens (including phenoxy) is 2. The number of hydrogen-bond donors (Lipinski definition) is 0. The number of benzene rings is 11. The van der Waals surface area contributed by atoms with Crippen molar-refractivity contribution in [1.82, 2.24) is 0 Å². The van der Waals surface area contributed by atoms with Crippen LogP contribution in [0, 0.1) is 0 Å². The minimum Gasteiger partial charge on any atom is -0.386 e. The van der Waals surface area contributed by atoms with E-state index in [2.05, 4.69) is 9.80 Å². The molecule has 8 nitrogen and oxygen atoms in total. The highest BCUT2D eigenvalue weighted by Crippen LogP contribution is 2.51. The molecule has 0 aromatic heterocycles. The third-order valence-corrected chi connectivity index (χ3v) is 13.3. The lowest BCUT2D eigenvalue weighted by molar-refractivity contribution is 0.0373. The fourth-order valence-electron chi connectivity index (χ4n) is 10.4. The lowest BCUT2D eigenvalue weighted by Gasteiger charge is -2.27. The van der Waals surface area contributed by atoms with Gasteiger partial charge in [-0.2, -0.15) is 0 Å². The predicted octanol–water partition coefficient (Wildman–Crippen LogP) is 14.6. The summed E-state index contributed by atoms with van der Waals surface area (Å²) in [5.74, 6) is -2.93. The van der Waals surface area contributed by atoms with Gasteiger partial charge in [0.1, 0.15) is 0 Å². The first-order valence-corrected chi connectivity index (χ1v) is 22.2. The van der Waals surface area contributed by atoms with E-state index < -0.39 is 23.9 Å². The lowest BCUT2D eigenvalue weighted by atomic mass is 9.79. The number of nitrogens with zero attached hydrogens (tertiary/aromatic N) is 2. The van der Waals surface area contributed by atoms with Gasteiger partial charge in [0.25, 0.3) is 0 Å². The molecule has 0 bridgehead atoms. The molecule has 0 unspecified atom stereocenters. The van der Waals surface area contributed by atoms with E-state index in [4.69, 9.17) is 9.47 Å². The Hall–Kier alpha value is -9.40. The van der Waals surface area contributed by atoms with Gasteiger partial charge in [0.05, 0.1) is 22.3 Å². The summed E-state index contributed by atoms with van der Waals surface area (Å²) >= 11 is 0. The first-order chi connectivity index (χ1) is 33.4. The molecule has 0 spiro atoms. The van der Waals surface area contributed by atoms with Gasteiger partial charge in [-0.3, -0.25) is 0 Å². The van der Waals surface area contributed by atoms with Crippen molar-refractivity contribution in [2.75, 3.05) is 9.80 Å². The number of cyclic esters (lactones) is 4. The quantitative estimate of drug-likeness (QED) is 0.0645. The monoisotopic (exact) mass is 878 g/mol. The summed E-state index contributed by atoms with van der Waals surface area (Å²) in [5.41, 5.74) is 9.20. The van der Waals surface area contributed by atoms with Crippen molar-refractivity contribution in [2.24, 2.45) is 0 Å². The number of carbonyl (C=O) groups excluding carboxylic acids is 4. The van der Waals surface area contributed by atoms with Crippen molar-refractivity contribution < 1.29 is 28.7 Å². The molecule has 68 heavy (non-hydrogen) atoms. The van der Waals surface area contributed by atoms with Crippen LogP contribution in [0.5, 0.6) is 0 Å². The molecule has 0 aliphatic carbocycles. The highest BCUT2D eigenvalue weighted by Gasteiger charge is 2.36. The topological polar surface area (TPSA) is 93.2 Å². The zero-order valence-corrected chi connectivity index (χ0v) is 36.0. The molecule has 11 aromatic carbocycles. The Morgan fingerprint density at radius 3 is 0.956 bits per heavy atom. The Morgan fingerprint density at radius 2 is 0.603 bits per heavy atom. The second-order valence-corrected chi connectivity index (χ2v) is 17.0. The first-order valence-electron chi connectivity index (χ1n) is 22.2. The summed E-state index contributed by atoms with van der Waals surface area (Å²) in [7, 11) is 0. The first kappa shape index (κ1) is 39.0. The average Bonchev–Trinajstić information content (AvgIpc) is 3.38. The Labute approximate surface area is 388 Å². The van der Waals surface area contributed by atoms with Crippen LogP contribution in [0.25, 0.3) is 65.3 Å². The van der Waals surface area contributed by atoms with E-state index in [-0.39, 0.29) is 22.3 Å². The molecule has 0 N–H and O–H groups in total. The molecule has 0 amide bonds. The highest BCUT2D eigenvalue weighted by atomic mass is 16.6. The summed E-state index contributed by atoms with van der Waals surface area (Å²) in [6.45, 7) is 0. The second kappa shape index (κ2) is 15.1. The molecule has 0 fully saturated rings. The molecule has 0 atom stereocenters. The lowest BCUT2D eigenvalue weighted by Crippen LogP contribution is -2.21. The maximum Gasteiger partial charge on any atom is 0.347 e. The van der Waals surface area contributed by atoms with Gasteiger partial charge >= 0.3 is 23.9 Å². The number of hydrogen-bond acceptors (Lipinski definition) is 8. The van der Waals surface area contributed by atoms with Gasteiger partial charge in [-0.25, -0.2) is 19.2 Å². The van der Waals surface area contributed by atoms with Crippen molar-refractivity contribution in [3.05, 3.63) is 229 Å². The Balaban J connectivity index is 1.09. The summed E-state index contributed by atoms with van der Waals surface area (Å²) in [4.78, 5) is 60.4. The molecule has 0 saturated carbocycles. The summed E-state index contributed by atoms with van der Waals surface area (Å²) in [6, 6.07) is 67.3. The fourth-order valence-corrected chi connectivity index (χ4v) is 10.4. The van der Waals surface area contributed by atoms with Crippen LogP contribution in [0.2, 0.25) is 0 Å². The maximum atomic E-state index is 14.3. The van der Waals surface area contributed by atoms with E-state index in [9.17, 15) is 19.2 Å². The molecule has 11 aromatic rings. The Bertz CT molecular complexity index is 3590. The smallest absolute Gasteiger partial charge is 0.347 e. The highest BCUT2D eigenvalue weighted by molar-refractivity contribution is 6.41. The number of para-hydroxylation sites is 4. The van der Waals surface area contributed by atoms with Crippen molar-refractivity contribution >= 4 is 101 Å². The van der Waals surface area contributed by atoms with Crippen LogP contribution >= 0.6 is 0 Å². The number of fused-ring (bicyclic) bond motifs is 2. The maximum absolute atomic E-state index is 14.3. The number of esters is 4. The summed E-state index contributed by atoms with van der Waals surface area (Å²) in [6.07, 6.45) is 0. The molecule has 2 heterocycles. The average molecular weight is 879 g/mol. The second-order valence-electron chi connectivity index (χ2n) is 17.0. The van der Waals surface area contributed by atoms with Gasteiger partial charge < -0.3 is 19.3 Å². The van der Waals surface area contributed by atoms with Crippen molar-refractivity contribution in [2.45, 2.75) is 0 Å². The summed E-state index contributed by atoms with van der Waals surface area (Å²) < 4.78 is 11.0. The molecule has 0 radical (unpaired) electrons. The van der Waals surface area contributed by atoms with E-state index >= 15 is 0 Å². The normalized spacial score (nSPS) is 13.1. The third kappa shape index (κ3) is 5.87. The number of rotatable bonds is 8. The van der Waals surface area contributed by atoms with E-state index in [0.29, 0.717) is 32.7 Å². The molecule has 2 aliphatic heterocycles. The molecular weight excluding hydrogens is 845 g/mol. The number of carbonyl (C=O) groups is 4. The predicted molar refractivity (Wildman–Crippen MR) is 267 cm³/mol. The van der Waals surface area contributed by atoms with Crippen LogP contribution in [-0.2, 0) is 9.47 Å². The van der Waals surface area contributed by atoms with Crippen LogP contribution in [-0.4, -0.2) is 23.9 Å². The molecule has 2 aliphatic rings. The molecule has 0 saturated heterocycles. The van der Waals surface area contributed by atoms with Gasteiger partial charge in [0.15, 0.2) is 0 Å². The summed E-state index contributed by atoms with van der Waals surface area (Å²) in [5, 5.41) is 5.38. The number of anilines is 6. The SMILES string of the molecule is O=C1OC(=O)c2c(-c3cccc(N(c4ccccc4)c4ccccc4)c3)cc3c4ccc5c6c(c(-c7cccc(N(c8ccccc8)c8ccccc8)c7)cc(c7ccc1c2c73)c64)C(=O)OC5=O.